The van der Waals surface area contributed by atoms with E-state index in [0.717, 1.165) is 31.6 Å². The molecular formula is C11H17N3O2. The van der Waals surface area contributed by atoms with E-state index >= 15 is 0 Å². The van der Waals surface area contributed by atoms with Crippen LogP contribution in [0.2, 0.25) is 0 Å². The highest BCUT2D eigenvalue weighted by atomic mass is 16.4. The first kappa shape index (κ1) is 11.0. The molecule has 5 nitrogen and oxygen atoms in total. The number of carboxylic acids is 1. The summed E-state index contributed by atoms with van der Waals surface area (Å²) in [6.45, 7) is 0. The molecule has 0 bridgehead atoms. The van der Waals surface area contributed by atoms with Crippen molar-refractivity contribution in [1.29, 1.82) is 0 Å². The molecular weight excluding hydrogens is 206 g/mol. The second-order valence-corrected chi connectivity index (χ2v) is 4.34. The van der Waals surface area contributed by atoms with Crippen LogP contribution in [0.5, 0.6) is 0 Å². The van der Waals surface area contributed by atoms with Gasteiger partial charge < -0.3 is 15.0 Å². The molecule has 0 amide bonds. The SMILES string of the molecule is Cn1ccnc1NC1CCCCC1C(=O)O. The number of nitrogens with one attached hydrogen (secondary N) is 1. The number of carbonyl (C=O) groups is 1. The van der Waals surface area contributed by atoms with Gasteiger partial charge in [-0.3, -0.25) is 4.79 Å². The van der Waals surface area contributed by atoms with Crippen molar-refractivity contribution in [3.63, 3.8) is 0 Å². The van der Waals surface area contributed by atoms with Gasteiger partial charge in [-0.25, -0.2) is 4.98 Å². The summed E-state index contributed by atoms with van der Waals surface area (Å²) in [4.78, 5) is 15.3. The Balaban J connectivity index is 2.07. The molecule has 0 radical (unpaired) electrons. The van der Waals surface area contributed by atoms with E-state index in [1.165, 1.54) is 0 Å². The second kappa shape index (κ2) is 4.55. The molecule has 2 rings (SSSR count). The Morgan fingerprint density at radius 2 is 2.31 bits per heavy atom. The summed E-state index contributed by atoms with van der Waals surface area (Å²) in [5, 5.41) is 12.4. The molecule has 1 saturated carbocycles. The number of hydrogen-bond acceptors (Lipinski definition) is 3. The van der Waals surface area contributed by atoms with E-state index in [4.69, 9.17) is 5.11 Å². The third-order valence-electron chi connectivity index (χ3n) is 3.22. The molecule has 88 valence electrons. The van der Waals surface area contributed by atoms with E-state index in [1.54, 1.807) is 6.20 Å². The first-order valence-electron chi connectivity index (χ1n) is 5.65. The molecule has 1 fully saturated rings. The number of hydrogen-bond donors (Lipinski definition) is 2. The minimum Gasteiger partial charge on any atom is -0.481 e. The van der Waals surface area contributed by atoms with Crippen LogP contribution in [0.3, 0.4) is 0 Å². The standard InChI is InChI=1S/C11H17N3O2/c1-14-7-6-12-11(14)13-9-5-3-2-4-8(9)10(15)16/h6-9H,2-5H2,1H3,(H,12,13)(H,15,16). The summed E-state index contributed by atoms with van der Waals surface area (Å²) in [5.41, 5.74) is 0. The summed E-state index contributed by atoms with van der Waals surface area (Å²) in [7, 11) is 1.90. The Morgan fingerprint density at radius 3 is 2.94 bits per heavy atom. The summed E-state index contributed by atoms with van der Waals surface area (Å²) in [6, 6.07) is 0.00681. The number of carboxylic acid groups (broad SMARTS) is 1. The minimum absolute atomic E-state index is 0.00681. The first-order chi connectivity index (χ1) is 7.68. The topological polar surface area (TPSA) is 67.2 Å². The summed E-state index contributed by atoms with van der Waals surface area (Å²) < 4.78 is 1.87. The van der Waals surface area contributed by atoms with Gasteiger partial charge in [0, 0.05) is 25.5 Å². The normalized spacial score (nSPS) is 25.3. The number of aliphatic carboxylic acids is 1. The number of anilines is 1. The van der Waals surface area contributed by atoms with E-state index in [9.17, 15) is 4.79 Å². The fourth-order valence-corrected chi connectivity index (χ4v) is 2.27. The number of aromatic nitrogens is 2. The van der Waals surface area contributed by atoms with Gasteiger partial charge in [0.2, 0.25) is 5.95 Å². The molecule has 1 aromatic rings. The summed E-state index contributed by atoms with van der Waals surface area (Å²) in [6.07, 6.45) is 7.32. The van der Waals surface area contributed by atoms with Gasteiger partial charge in [-0.1, -0.05) is 12.8 Å². The van der Waals surface area contributed by atoms with Gasteiger partial charge >= 0.3 is 5.97 Å². The van der Waals surface area contributed by atoms with Gasteiger partial charge in [0.15, 0.2) is 0 Å². The largest absolute Gasteiger partial charge is 0.481 e. The predicted octanol–water partition coefficient (Wildman–Crippen LogP) is 1.48. The maximum atomic E-state index is 11.1. The van der Waals surface area contributed by atoms with Crippen molar-refractivity contribution in [2.75, 3.05) is 5.32 Å². The predicted molar refractivity (Wildman–Crippen MR) is 60.2 cm³/mol. The number of nitrogens with zero attached hydrogens (tertiary/aromatic N) is 2. The molecule has 2 unspecified atom stereocenters. The molecule has 5 heteroatoms. The molecule has 2 atom stereocenters. The Labute approximate surface area is 94.5 Å². The molecule has 0 spiro atoms. The second-order valence-electron chi connectivity index (χ2n) is 4.34. The van der Waals surface area contributed by atoms with Crippen molar-refractivity contribution in [1.82, 2.24) is 9.55 Å². The monoisotopic (exact) mass is 223 g/mol. The van der Waals surface area contributed by atoms with Crippen molar-refractivity contribution < 1.29 is 9.90 Å². The number of imidazole rings is 1. The third-order valence-corrected chi connectivity index (χ3v) is 3.22. The number of rotatable bonds is 3. The van der Waals surface area contributed by atoms with Gasteiger partial charge in [0.05, 0.1) is 5.92 Å². The van der Waals surface area contributed by atoms with Gasteiger partial charge in [0.25, 0.3) is 0 Å². The lowest BCUT2D eigenvalue weighted by Crippen LogP contribution is -2.37. The van der Waals surface area contributed by atoms with E-state index in [2.05, 4.69) is 10.3 Å². The van der Waals surface area contributed by atoms with E-state index < -0.39 is 5.97 Å². The van der Waals surface area contributed by atoms with Crippen molar-refractivity contribution in [3.05, 3.63) is 12.4 Å². The molecule has 0 saturated heterocycles. The van der Waals surface area contributed by atoms with Crippen molar-refractivity contribution >= 4 is 11.9 Å². The minimum atomic E-state index is -0.702. The molecule has 1 aromatic heterocycles. The quantitative estimate of drug-likeness (QED) is 0.814. The lowest BCUT2D eigenvalue weighted by atomic mass is 9.84. The zero-order valence-electron chi connectivity index (χ0n) is 9.39. The van der Waals surface area contributed by atoms with E-state index in [1.807, 2.05) is 17.8 Å². The molecule has 1 heterocycles. The average Bonchev–Trinajstić information content (AvgIpc) is 2.65. The van der Waals surface area contributed by atoms with Crippen LogP contribution >= 0.6 is 0 Å². The molecule has 16 heavy (non-hydrogen) atoms. The van der Waals surface area contributed by atoms with Crippen molar-refractivity contribution in [3.8, 4) is 0 Å². The fraction of sp³-hybridized carbons (Fsp3) is 0.636. The van der Waals surface area contributed by atoms with Crippen LogP contribution in [-0.4, -0.2) is 26.7 Å². The summed E-state index contributed by atoms with van der Waals surface area (Å²) >= 11 is 0. The van der Waals surface area contributed by atoms with Crippen LogP contribution in [0.1, 0.15) is 25.7 Å². The van der Waals surface area contributed by atoms with Crippen LogP contribution in [0.25, 0.3) is 0 Å². The number of aryl methyl sites for hydroxylation is 1. The van der Waals surface area contributed by atoms with Gasteiger partial charge in [-0.15, -0.1) is 0 Å². The Bertz CT molecular complexity index is 375. The Kier molecular flexibility index (Phi) is 3.12. The molecule has 0 aromatic carbocycles. The summed E-state index contributed by atoms with van der Waals surface area (Å²) in [5.74, 6) is -0.241. The van der Waals surface area contributed by atoms with Crippen LogP contribution in [0.4, 0.5) is 5.95 Å². The highest BCUT2D eigenvalue weighted by Crippen LogP contribution is 2.26. The zero-order chi connectivity index (χ0) is 11.5. The molecule has 1 aliphatic carbocycles. The van der Waals surface area contributed by atoms with Crippen LogP contribution < -0.4 is 5.32 Å². The third kappa shape index (κ3) is 2.18. The van der Waals surface area contributed by atoms with Gasteiger partial charge in [-0.05, 0) is 12.8 Å². The van der Waals surface area contributed by atoms with Gasteiger partial charge in [0.1, 0.15) is 0 Å². The molecule has 2 N–H and O–H groups in total. The van der Waals surface area contributed by atoms with E-state index in [-0.39, 0.29) is 12.0 Å². The van der Waals surface area contributed by atoms with Gasteiger partial charge in [-0.2, -0.15) is 0 Å². The highest BCUT2D eigenvalue weighted by molar-refractivity contribution is 5.71. The molecule has 1 aliphatic rings. The Hall–Kier alpha value is -1.52. The van der Waals surface area contributed by atoms with Crippen LogP contribution in [-0.2, 0) is 11.8 Å². The van der Waals surface area contributed by atoms with Crippen molar-refractivity contribution in [2.24, 2.45) is 13.0 Å². The maximum Gasteiger partial charge on any atom is 0.308 e. The average molecular weight is 223 g/mol. The Morgan fingerprint density at radius 1 is 1.56 bits per heavy atom. The first-order valence-corrected chi connectivity index (χ1v) is 5.65. The van der Waals surface area contributed by atoms with Crippen LogP contribution in [0.15, 0.2) is 12.4 Å². The molecule has 0 aliphatic heterocycles. The van der Waals surface area contributed by atoms with E-state index in [0.29, 0.717) is 0 Å². The highest BCUT2D eigenvalue weighted by Gasteiger charge is 2.31. The van der Waals surface area contributed by atoms with Crippen LogP contribution in [0, 0.1) is 5.92 Å². The maximum absolute atomic E-state index is 11.1. The van der Waals surface area contributed by atoms with Crippen molar-refractivity contribution in [2.45, 2.75) is 31.7 Å². The zero-order valence-corrected chi connectivity index (χ0v) is 9.39. The lowest BCUT2D eigenvalue weighted by Gasteiger charge is -2.29. The smallest absolute Gasteiger partial charge is 0.308 e. The fourth-order valence-electron chi connectivity index (χ4n) is 2.27. The lowest BCUT2D eigenvalue weighted by molar-refractivity contribution is -0.143.